The SMILES string of the molecule is CC(C)CCNC(=O)c1cccc(-c2ccc(N)c(N)c2)c1. The first-order valence-electron chi connectivity index (χ1n) is 7.51. The topological polar surface area (TPSA) is 81.1 Å². The van der Waals surface area contributed by atoms with Crippen molar-refractivity contribution in [3.8, 4) is 11.1 Å². The van der Waals surface area contributed by atoms with Gasteiger partial charge in [-0.05, 0) is 47.7 Å². The molecule has 0 heterocycles. The van der Waals surface area contributed by atoms with E-state index in [1.165, 1.54) is 0 Å². The summed E-state index contributed by atoms with van der Waals surface area (Å²) in [7, 11) is 0. The lowest BCUT2D eigenvalue weighted by Crippen LogP contribution is -2.25. The van der Waals surface area contributed by atoms with Crippen LogP contribution in [0.4, 0.5) is 11.4 Å². The third-order valence-electron chi connectivity index (χ3n) is 3.55. The minimum Gasteiger partial charge on any atom is -0.397 e. The molecule has 116 valence electrons. The number of carbonyl (C=O) groups is 1. The molecule has 2 rings (SSSR count). The molecule has 4 heteroatoms. The fraction of sp³-hybridized carbons (Fsp3) is 0.278. The predicted octanol–water partition coefficient (Wildman–Crippen LogP) is 3.29. The van der Waals surface area contributed by atoms with Gasteiger partial charge in [-0.25, -0.2) is 0 Å². The second-order valence-corrected chi connectivity index (χ2v) is 5.86. The second kappa shape index (κ2) is 6.98. The molecule has 0 aliphatic heterocycles. The van der Waals surface area contributed by atoms with Crippen molar-refractivity contribution < 1.29 is 4.79 Å². The molecule has 2 aromatic carbocycles. The fourth-order valence-electron chi connectivity index (χ4n) is 2.17. The number of benzene rings is 2. The van der Waals surface area contributed by atoms with Gasteiger partial charge in [0.2, 0.25) is 0 Å². The zero-order valence-corrected chi connectivity index (χ0v) is 13.1. The number of nitrogens with two attached hydrogens (primary N) is 2. The Bertz CT molecular complexity index is 665. The first-order chi connectivity index (χ1) is 10.5. The van der Waals surface area contributed by atoms with E-state index in [4.69, 9.17) is 11.5 Å². The molecule has 1 amide bonds. The Kier molecular flexibility index (Phi) is 5.04. The van der Waals surface area contributed by atoms with Gasteiger partial charge in [0.25, 0.3) is 5.91 Å². The monoisotopic (exact) mass is 297 g/mol. The molecule has 0 atom stereocenters. The van der Waals surface area contributed by atoms with E-state index in [0.717, 1.165) is 17.5 Å². The van der Waals surface area contributed by atoms with E-state index in [9.17, 15) is 4.79 Å². The minimum absolute atomic E-state index is 0.0501. The number of anilines is 2. The lowest BCUT2D eigenvalue weighted by Gasteiger charge is -2.09. The Labute approximate surface area is 131 Å². The molecule has 0 aliphatic rings. The van der Waals surface area contributed by atoms with Crippen LogP contribution < -0.4 is 16.8 Å². The fourth-order valence-corrected chi connectivity index (χ4v) is 2.17. The zero-order chi connectivity index (χ0) is 16.1. The molecule has 0 bridgehead atoms. The maximum Gasteiger partial charge on any atom is 0.251 e. The Morgan fingerprint density at radius 3 is 2.45 bits per heavy atom. The van der Waals surface area contributed by atoms with Crippen LogP contribution in [0.2, 0.25) is 0 Å². The van der Waals surface area contributed by atoms with Gasteiger partial charge in [0.05, 0.1) is 11.4 Å². The normalized spacial score (nSPS) is 10.7. The lowest BCUT2D eigenvalue weighted by atomic mass is 10.0. The van der Waals surface area contributed by atoms with Gasteiger partial charge in [-0.15, -0.1) is 0 Å². The van der Waals surface area contributed by atoms with Crippen LogP contribution in [0.1, 0.15) is 30.6 Å². The first kappa shape index (κ1) is 15.9. The minimum atomic E-state index is -0.0501. The molecular weight excluding hydrogens is 274 g/mol. The summed E-state index contributed by atoms with van der Waals surface area (Å²) in [4.78, 5) is 12.2. The van der Waals surface area contributed by atoms with Crippen molar-refractivity contribution in [1.29, 1.82) is 0 Å². The third-order valence-corrected chi connectivity index (χ3v) is 3.55. The predicted molar refractivity (Wildman–Crippen MR) is 92.5 cm³/mol. The van der Waals surface area contributed by atoms with E-state index in [1.807, 2.05) is 36.4 Å². The highest BCUT2D eigenvalue weighted by molar-refractivity contribution is 5.95. The van der Waals surface area contributed by atoms with E-state index in [1.54, 1.807) is 6.07 Å². The smallest absolute Gasteiger partial charge is 0.251 e. The van der Waals surface area contributed by atoms with Crippen LogP contribution in [-0.4, -0.2) is 12.5 Å². The summed E-state index contributed by atoms with van der Waals surface area (Å²) in [6.45, 7) is 4.96. The molecule has 0 unspecified atom stereocenters. The van der Waals surface area contributed by atoms with E-state index in [0.29, 0.717) is 29.4 Å². The summed E-state index contributed by atoms with van der Waals surface area (Å²) in [6, 6.07) is 13.0. The summed E-state index contributed by atoms with van der Waals surface area (Å²) in [6.07, 6.45) is 0.972. The number of nitrogen functional groups attached to an aromatic ring is 2. The molecule has 0 radical (unpaired) electrons. The van der Waals surface area contributed by atoms with Gasteiger partial charge in [0.15, 0.2) is 0 Å². The summed E-state index contributed by atoms with van der Waals surface area (Å²) in [5.41, 5.74) is 15.2. The average Bonchev–Trinajstić information content (AvgIpc) is 2.49. The van der Waals surface area contributed by atoms with Gasteiger partial charge < -0.3 is 16.8 Å². The first-order valence-corrected chi connectivity index (χ1v) is 7.51. The molecule has 2 aromatic rings. The molecule has 0 saturated heterocycles. The Morgan fingerprint density at radius 1 is 1.05 bits per heavy atom. The number of carbonyl (C=O) groups excluding carboxylic acids is 1. The molecular formula is C18H23N3O. The zero-order valence-electron chi connectivity index (χ0n) is 13.1. The molecule has 22 heavy (non-hydrogen) atoms. The molecule has 5 N–H and O–H groups in total. The van der Waals surface area contributed by atoms with E-state index < -0.39 is 0 Å². The van der Waals surface area contributed by atoms with Crippen LogP contribution in [-0.2, 0) is 0 Å². The Hall–Kier alpha value is -2.49. The van der Waals surface area contributed by atoms with Crippen molar-refractivity contribution in [2.24, 2.45) is 5.92 Å². The van der Waals surface area contributed by atoms with Crippen molar-refractivity contribution in [2.75, 3.05) is 18.0 Å². The van der Waals surface area contributed by atoms with Gasteiger partial charge in [0, 0.05) is 12.1 Å². The molecule has 0 saturated carbocycles. The lowest BCUT2D eigenvalue weighted by molar-refractivity contribution is 0.0952. The van der Waals surface area contributed by atoms with Crippen molar-refractivity contribution in [2.45, 2.75) is 20.3 Å². The van der Waals surface area contributed by atoms with Crippen molar-refractivity contribution in [3.05, 3.63) is 48.0 Å². The van der Waals surface area contributed by atoms with E-state index in [2.05, 4.69) is 19.2 Å². The molecule has 0 spiro atoms. The van der Waals surface area contributed by atoms with E-state index >= 15 is 0 Å². The van der Waals surface area contributed by atoms with Gasteiger partial charge >= 0.3 is 0 Å². The highest BCUT2D eigenvalue weighted by Crippen LogP contribution is 2.25. The van der Waals surface area contributed by atoms with E-state index in [-0.39, 0.29) is 5.91 Å². The van der Waals surface area contributed by atoms with Crippen molar-refractivity contribution in [1.82, 2.24) is 5.32 Å². The highest BCUT2D eigenvalue weighted by atomic mass is 16.1. The van der Waals surface area contributed by atoms with Gasteiger partial charge in [-0.2, -0.15) is 0 Å². The standard InChI is InChI=1S/C18H23N3O/c1-12(2)8-9-21-18(22)15-5-3-4-13(10-15)14-6-7-16(19)17(20)11-14/h3-7,10-12H,8-9,19-20H2,1-2H3,(H,21,22). The Balaban J connectivity index is 2.15. The summed E-state index contributed by atoms with van der Waals surface area (Å²) < 4.78 is 0. The maximum absolute atomic E-state index is 12.2. The van der Waals surface area contributed by atoms with Gasteiger partial charge in [-0.1, -0.05) is 32.0 Å². The quantitative estimate of drug-likeness (QED) is 0.741. The molecule has 4 nitrogen and oxygen atoms in total. The van der Waals surface area contributed by atoms with Crippen LogP contribution in [0.15, 0.2) is 42.5 Å². The number of hydrogen-bond acceptors (Lipinski definition) is 3. The number of rotatable bonds is 5. The van der Waals surface area contributed by atoms with Crippen LogP contribution in [0, 0.1) is 5.92 Å². The summed E-state index contributed by atoms with van der Waals surface area (Å²) >= 11 is 0. The Morgan fingerprint density at radius 2 is 1.77 bits per heavy atom. The van der Waals surface area contributed by atoms with Crippen LogP contribution in [0.3, 0.4) is 0 Å². The maximum atomic E-state index is 12.2. The summed E-state index contributed by atoms with van der Waals surface area (Å²) in [5, 5.41) is 2.95. The van der Waals surface area contributed by atoms with Crippen LogP contribution >= 0.6 is 0 Å². The number of amides is 1. The van der Waals surface area contributed by atoms with Crippen LogP contribution in [0.25, 0.3) is 11.1 Å². The summed E-state index contributed by atoms with van der Waals surface area (Å²) in [5.74, 6) is 0.523. The van der Waals surface area contributed by atoms with Crippen LogP contribution in [0.5, 0.6) is 0 Å². The molecule has 0 aliphatic carbocycles. The third kappa shape index (κ3) is 4.01. The molecule has 0 fully saturated rings. The molecule has 0 aromatic heterocycles. The largest absolute Gasteiger partial charge is 0.397 e. The highest BCUT2D eigenvalue weighted by Gasteiger charge is 2.08. The van der Waals surface area contributed by atoms with Crippen molar-refractivity contribution in [3.63, 3.8) is 0 Å². The number of hydrogen-bond donors (Lipinski definition) is 3. The van der Waals surface area contributed by atoms with Gasteiger partial charge in [0.1, 0.15) is 0 Å². The average molecular weight is 297 g/mol. The second-order valence-electron chi connectivity index (χ2n) is 5.86. The van der Waals surface area contributed by atoms with Gasteiger partial charge in [-0.3, -0.25) is 4.79 Å². The number of nitrogens with one attached hydrogen (secondary N) is 1. The van der Waals surface area contributed by atoms with Crippen molar-refractivity contribution >= 4 is 17.3 Å².